The normalized spacial score (nSPS) is 24.2. The average molecular weight is 300 g/mol. The largest absolute Gasteiger partial charge is 0.480 e. The molecule has 2 N–H and O–H groups in total. The molecule has 0 radical (unpaired) electrons. The summed E-state index contributed by atoms with van der Waals surface area (Å²) in [4.78, 5) is 25.8. The first kappa shape index (κ1) is 14.2. The number of urea groups is 1. The van der Waals surface area contributed by atoms with Crippen LogP contribution in [0.1, 0.15) is 24.8 Å². The van der Waals surface area contributed by atoms with Gasteiger partial charge in [0.15, 0.2) is 0 Å². The fourth-order valence-electron chi connectivity index (χ4n) is 2.01. The van der Waals surface area contributed by atoms with Crippen molar-refractivity contribution >= 4 is 35.1 Å². The van der Waals surface area contributed by atoms with Crippen molar-refractivity contribution in [3.63, 3.8) is 0 Å². The van der Waals surface area contributed by atoms with Crippen LogP contribution < -0.4 is 5.32 Å². The number of thiophene rings is 1. The van der Waals surface area contributed by atoms with Crippen LogP contribution in [-0.2, 0) is 4.79 Å². The monoisotopic (exact) mass is 300 g/mol. The third-order valence-electron chi connectivity index (χ3n) is 3.05. The molecule has 5 nitrogen and oxygen atoms in total. The highest BCUT2D eigenvalue weighted by atomic mass is 32.2. The number of aliphatic carboxylic acids is 1. The molecule has 1 aliphatic heterocycles. The van der Waals surface area contributed by atoms with Crippen LogP contribution in [0, 0.1) is 0 Å². The number of hydrogen-bond acceptors (Lipinski definition) is 4. The lowest BCUT2D eigenvalue weighted by Crippen LogP contribution is -2.49. The first-order chi connectivity index (χ1) is 9.00. The Morgan fingerprint density at radius 2 is 2.32 bits per heavy atom. The summed E-state index contributed by atoms with van der Waals surface area (Å²) in [5.41, 5.74) is 0. The maximum Gasteiger partial charge on any atom is 0.327 e. The van der Waals surface area contributed by atoms with E-state index in [-0.39, 0.29) is 17.4 Å². The topological polar surface area (TPSA) is 69.6 Å². The molecule has 1 aromatic rings. The van der Waals surface area contributed by atoms with Gasteiger partial charge in [-0.05, 0) is 25.3 Å². The van der Waals surface area contributed by atoms with E-state index in [1.165, 1.54) is 16.7 Å². The van der Waals surface area contributed by atoms with Crippen molar-refractivity contribution in [3.05, 3.63) is 22.4 Å². The Hall–Kier alpha value is -1.21. The van der Waals surface area contributed by atoms with E-state index < -0.39 is 12.0 Å². The molecule has 104 valence electrons. The summed E-state index contributed by atoms with van der Waals surface area (Å²) in [5.74, 6) is -0.507. The van der Waals surface area contributed by atoms with Crippen LogP contribution in [0.5, 0.6) is 0 Å². The lowest BCUT2D eigenvalue weighted by atomic mass is 10.2. The van der Waals surface area contributed by atoms with Crippen LogP contribution in [0.25, 0.3) is 0 Å². The highest BCUT2D eigenvalue weighted by Gasteiger charge is 2.39. The third-order valence-corrected chi connectivity index (χ3v) is 5.33. The van der Waals surface area contributed by atoms with E-state index in [1.54, 1.807) is 11.3 Å². The molecule has 1 fully saturated rings. The molecule has 0 spiro atoms. The molecular formula is C12H16N2O3S2. The van der Waals surface area contributed by atoms with Gasteiger partial charge in [-0.1, -0.05) is 6.07 Å². The quantitative estimate of drug-likeness (QED) is 0.899. The van der Waals surface area contributed by atoms with Gasteiger partial charge in [0.1, 0.15) is 6.04 Å². The van der Waals surface area contributed by atoms with Gasteiger partial charge in [0.25, 0.3) is 0 Å². The van der Waals surface area contributed by atoms with Crippen molar-refractivity contribution in [1.82, 2.24) is 10.2 Å². The number of hydrogen-bond donors (Lipinski definition) is 2. The number of carbonyl (C=O) groups is 2. The molecule has 1 saturated heterocycles. The lowest BCUT2D eigenvalue weighted by molar-refractivity contribution is -0.141. The standard InChI is InChI=1S/C12H16N2O3S2/c1-7(10-4-3-5-18-10)13-12(17)14-8(2)19-6-9(14)11(15)16/h3-5,7-9H,6H2,1-2H3,(H,13,17)(H,15,16). The Morgan fingerprint density at radius 1 is 1.58 bits per heavy atom. The first-order valence-electron chi connectivity index (χ1n) is 5.97. The number of amides is 2. The highest BCUT2D eigenvalue weighted by molar-refractivity contribution is 8.00. The molecule has 3 atom stereocenters. The Balaban J connectivity index is 2.04. The van der Waals surface area contributed by atoms with Gasteiger partial charge >= 0.3 is 12.0 Å². The molecule has 2 heterocycles. The molecular weight excluding hydrogens is 284 g/mol. The van der Waals surface area contributed by atoms with Gasteiger partial charge in [-0.2, -0.15) is 0 Å². The third kappa shape index (κ3) is 3.03. The van der Waals surface area contributed by atoms with Gasteiger partial charge < -0.3 is 10.4 Å². The minimum absolute atomic E-state index is 0.111. The second-order valence-corrected chi connectivity index (χ2v) is 6.71. The Kier molecular flexibility index (Phi) is 4.36. The van der Waals surface area contributed by atoms with Crippen LogP contribution in [0.4, 0.5) is 4.79 Å². The van der Waals surface area contributed by atoms with Crippen LogP contribution in [0.15, 0.2) is 17.5 Å². The minimum atomic E-state index is -0.948. The zero-order valence-corrected chi connectivity index (χ0v) is 12.3. The molecule has 3 unspecified atom stereocenters. The fraction of sp³-hybridized carbons (Fsp3) is 0.500. The predicted octanol–water partition coefficient (Wildman–Crippen LogP) is 2.37. The fourth-order valence-corrected chi connectivity index (χ4v) is 3.91. The molecule has 0 bridgehead atoms. The molecule has 0 saturated carbocycles. The summed E-state index contributed by atoms with van der Waals surface area (Å²) < 4.78 is 0. The van der Waals surface area contributed by atoms with Gasteiger partial charge in [0, 0.05) is 10.6 Å². The van der Waals surface area contributed by atoms with Crippen molar-refractivity contribution in [2.75, 3.05) is 5.75 Å². The SMILES string of the molecule is CC(NC(=O)N1C(C)SCC1C(=O)O)c1cccs1. The minimum Gasteiger partial charge on any atom is -0.480 e. The molecule has 7 heteroatoms. The van der Waals surface area contributed by atoms with Crippen molar-refractivity contribution in [2.45, 2.75) is 31.3 Å². The maximum absolute atomic E-state index is 12.2. The Morgan fingerprint density at radius 3 is 2.89 bits per heavy atom. The summed E-state index contributed by atoms with van der Waals surface area (Å²) in [7, 11) is 0. The number of carbonyl (C=O) groups excluding carboxylic acids is 1. The van der Waals surface area contributed by atoms with Crippen molar-refractivity contribution in [3.8, 4) is 0 Å². The second-order valence-electron chi connectivity index (χ2n) is 4.38. The number of nitrogens with one attached hydrogen (secondary N) is 1. The average Bonchev–Trinajstić information content (AvgIpc) is 2.96. The van der Waals surface area contributed by atoms with Crippen molar-refractivity contribution < 1.29 is 14.7 Å². The molecule has 0 aliphatic carbocycles. The summed E-state index contributed by atoms with van der Waals surface area (Å²) in [6.07, 6.45) is 0. The number of nitrogens with zero attached hydrogens (tertiary/aromatic N) is 1. The van der Waals surface area contributed by atoms with E-state index in [0.29, 0.717) is 5.75 Å². The van der Waals surface area contributed by atoms with Crippen LogP contribution in [-0.4, -0.2) is 39.2 Å². The molecule has 1 aliphatic rings. The summed E-state index contributed by atoms with van der Waals surface area (Å²) in [6, 6.07) is 2.71. The number of carboxylic acid groups (broad SMARTS) is 1. The molecule has 2 amide bonds. The summed E-state index contributed by atoms with van der Waals surface area (Å²) in [5, 5.41) is 13.8. The van der Waals surface area contributed by atoms with Crippen LogP contribution in [0.2, 0.25) is 0 Å². The van der Waals surface area contributed by atoms with Gasteiger partial charge in [0.2, 0.25) is 0 Å². The molecule has 2 rings (SSSR count). The summed E-state index contributed by atoms with van der Waals surface area (Å²) in [6.45, 7) is 3.75. The van der Waals surface area contributed by atoms with Crippen LogP contribution in [0.3, 0.4) is 0 Å². The predicted molar refractivity (Wildman–Crippen MR) is 76.4 cm³/mol. The number of thioether (sulfide) groups is 1. The van der Waals surface area contributed by atoms with E-state index in [9.17, 15) is 9.59 Å². The molecule has 19 heavy (non-hydrogen) atoms. The van der Waals surface area contributed by atoms with E-state index in [4.69, 9.17) is 5.11 Å². The van der Waals surface area contributed by atoms with Gasteiger partial charge in [-0.3, -0.25) is 4.90 Å². The van der Waals surface area contributed by atoms with Gasteiger partial charge in [0.05, 0.1) is 11.4 Å². The van der Waals surface area contributed by atoms with E-state index >= 15 is 0 Å². The van der Waals surface area contributed by atoms with Crippen molar-refractivity contribution in [2.24, 2.45) is 0 Å². The number of carboxylic acids is 1. The van der Waals surface area contributed by atoms with Crippen molar-refractivity contribution in [1.29, 1.82) is 0 Å². The van der Waals surface area contributed by atoms with E-state index in [2.05, 4.69) is 5.32 Å². The first-order valence-corrected chi connectivity index (χ1v) is 7.90. The zero-order valence-electron chi connectivity index (χ0n) is 10.7. The Bertz CT molecular complexity index is 464. The molecule has 1 aromatic heterocycles. The number of rotatable bonds is 3. The van der Waals surface area contributed by atoms with E-state index in [0.717, 1.165) is 4.88 Å². The summed E-state index contributed by atoms with van der Waals surface area (Å²) >= 11 is 3.05. The van der Waals surface area contributed by atoms with E-state index in [1.807, 2.05) is 31.4 Å². The lowest BCUT2D eigenvalue weighted by Gasteiger charge is -2.26. The molecule has 0 aromatic carbocycles. The Labute approximate surface area is 120 Å². The highest BCUT2D eigenvalue weighted by Crippen LogP contribution is 2.29. The van der Waals surface area contributed by atoms with Gasteiger partial charge in [-0.25, -0.2) is 9.59 Å². The van der Waals surface area contributed by atoms with Gasteiger partial charge in [-0.15, -0.1) is 23.1 Å². The zero-order chi connectivity index (χ0) is 14.0. The maximum atomic E-state index is 12.2. The van der Waals surface area contributed by atoms with Crippen LogP contribution >= 0.6 is 23.1 Å². The second kappa shape index (κ2) is 5.83. The smallest absolute Gasteiger partial charge is 0.327 e.